The second-order valence-electron chi connectivity index (χ2n) is 7.63. The summed E-state index contributed by atoms with van der Waals surface area (Å²) in [4.78, 5) is 41.2. The second-order valence-corrected chi connectivity index (χ2v) is 7.63. The summed E-state index contributed by atoms with van der Waals surface area (Å²) in [5, 5.41) is 3.01. The van der Waals surface area contributed by atoms with Crippen LogP contribution in [0.25, 0.3) is 0 Å². The van der Waals surface area contributed by atoms with E-state index in [-0.39, 0.29) is 36.1 Å². The molecule has 1 N–H and O–H groups in total. The Labute approximate surface area is 153 Å². The van der Waals surface area contributed by atoms with E-state index in [0.717, 1.165) is 31.2 Å². The first kappa shape index (κ1) is 17.1. The van der Waals surface area contributed by atoms with Gasteiger partial charge in [0.2, 0.25) is 17.7 Å². The third kappa shape index (κ3) is 3.59. The molecule has 1 saturated carbocycles. The standard InChI is InChI=1S/C20H25N3O3/c24-18-11-15(13-22(18)12-14-5-2-1-3-6-14)20(26)23-10-4-7-17(23)19(25)21-16-8-9-16/h1-3,5-6,15-17H,4,7-13H2,(H,21,25). The zero-order chi connectivity index (χ0) is 18.1. The number of rotatable bonds is 5. The fourth-order valence-corrected chi connectivity index (χ4v) is 3.96. The average molecular weight is 355 g/mol. The van der Waals surface area contributed by atoms with E-state index in [9.17, 15) is 14.4 Å². The first-order chi connectivity index (χ1) is 12.6. The summed E-state index contributed by atoms with van der Waals surface area (Å²) >= 11 is 0. The van der Waals surface area contributed by atoms with Crippen molar-refractivity contribution in [1.29, 1.82) is 0 Å². The van der Waals surface area contributed by atoms with Crippen LogP contribution in [0, 0.1) is 5.92 Å². The Balaban J connectivity index is 1.38. The molecule has 1 aromatic rings. The van der Waals surface area contributed by atoms with Crippen molar-refractivity contribution in [2.24, 2.45) is 5.92 Å². The number of carbonyl (C=O) groups excluding carboxylic acids is 3. The van der Waals surface area contributed by atoms with Crippen LogP contribution in [0.3, 0.4) is 0 Å². The first-order valence-corrected chi connectivity index (χ1v) is 9.54. The van der Waals surface area contributed by atoms with Gasteiger partial charge in [-0.2, -0.15) is 0 Å². The van der Waals surface area contributed by atoms with Gasteiger partial charge in [0.25, 0.3) is 0 Å². The molecule has 4 rings (SSSR count). The summed E-state index contributed by atoms with van der Waals surface area (Å²) in [6.07, 6.45) is 3.90. The van der Waals surface area contributed by atoms with Crippen molar-refractivity contribution in [3.05, 3.63) is 35.9 Å². The van der Waals surface area contributed by atoms with Gasteiger partial charge in [-0.15, -0.1) is 0 Å². The molecule has 26 heavy (non-hydrogen) atoms. The maximum Gasteiger partial charge on any atom is 0.243 e. The SMILES string of the molecule is O=C(NC1CC1)C1CCCN1C(=O)C1CC(=O)N(Cc2ccccc2)C1. The molecule has 2 saturated heterocycles. The van der Waals surface area contributed by atoms with Gasteiger partial charge in [-0.1, -0.05) is 30.3 Å². The number of amides is 3. The Hall–Kier alpha value is -2.37. The van der Waals surface area contributed by atoms with Crippen LogP contribution < -0.4 is 5.32 Å². The Bertz CT molecular complexity index is 702. The lowest BCUT2D eigenvalue weighted by Crippen LogP contribution is -2.48. The fourth-order valence-electron chi connectivity index (χ4n) is 3.96. The number of benzene rings is 1. The molecule has 2 atom stereocenters. The van der Waals surface area contributed by atoms with Gasteiger partial charge in [0.05, 0.1) is 5.92 Å². The molecule has 0 radical (unpaired) electrons. The van der Waals surface area contributed by atoms with E-state index in [2.05, 4.69) is 5.32 Å². The molecule has 0 spiro atoms. The largest absolute Gasteiger partial charge is 0.352 e. The molecule has 0 bridgehead atoms. The minimum atomic E-state index is -0.360. The van der Waals surface area contributed by atoms with Gasteiger partial charge in [0.15, 0.2) is 0 Å². The second kappa shape index (κ2) is 7.09. The highest BCUT2D eigenvalue weighted by atomic mass is 16.2. The molecule has 6 nitrogen and oxygen atoms in total. The maximum absolute atomic E-state index is 13.0. The minimum Gasteiger partial charge on any atom is -0.352 e. The van der Waals surface area contributed by atoms with E-state index < -0.39 is 0 Å². The van der Waals surface area contributed by atoms with Crippen molar-refractivity contribution < 1.29 is 14.4 Å². The van der Waals surface area contributed by atoms with Crippen molar-refractivity contribution in [1.82, 2.24) is 15.1 Å². The average Bonchev–Trinajstić information content (AvgIpc) is 3.18. The molecule has 1 aromatic carbocycles. The summed E-state index contributed by atoms with van der Waals surface area (Å²) in [7, 11) is 0. The molecule has 2 heterocycles. The topological polar surface area (TPSA) is 69.7 Å². The van der Waals surface area contributed by atoms with E-state index in [4.69, 9.17) is 0 Å². The lowest BCUT2D eigenvalue weighted by Gasteiger charge is -2.26. The number of likely N-dealkylation sites (tertiary alicyclic amines) is 2. The van der Waals surface area contributed by atoms with Crippen LogP contribution in [-0.2, 0) is 20.9 Å². The van der Waals surface area contributed by atoms with Crippen molar-refractivity contribution in [3.63, 3.8) is 0 Å². The predicted octanol–water partition coefficient (Wildman–Crippen LogP) is 1.30. The molecule has 3 amide bonds. The van der Waals surface area contributed by atoms with E-state index in [1.165, 1.54) is 0 Å². The lowest BCUT2D eigenvalue weighted by atomic mass is 10.1. The van der Waals surface area contributed by atoms with Crippen molar-refractivity contribution >= 4 is 17.7 Å². The van der Waals surface area contributed by atoms with Crippen LogP contribution in [0.5, 0.6) is 0 Å². The number of hydrogen-bond donors (Lipinski definition) is 1. The van der Waals surface area contributed by atoms with Gasteiger partial charge in [-0.3, -0.25) is 14.4 Å². The third-order valence-electron chi connectivity index (χ3n) is 5.54. The van der Waals surface area contributed by atoms with E-state index in [1.54, 1.807) is 9.80 Å². The zero-order valence-electron chi connectivity index (χ0n) is 14.9. The van der Waals surface area contributed by atoms with Gasteiger partial charge < -0.3 is 15.1 Å². The van der Waals surface area contributed by atoms with Crippen molar-refractivity contribution in [2.45, 2.75) is 50.7 Å². The van der Waals surface area contributed by atoms with E-state index in [1.807, 2.05) is 30.3 Å². The zero-order valence-corrected chi connectivity index (χ0v) is 14.9. The van der Waals surface area contributed by atoms with E-state index in [0.29, 0.717) is 25.7 Å². The number of nitrogens with one attached hydrogen (secondary N) is 1. The Morgan fingerprint density at radius 1 is 1.12 bits per heavy atom. The molecule has 3 fully saturated rings. The highest BCUT2D eigenvalue weighted by Gasteiger charge is 2.42. The maximum atomic E-state index is 13.0. The third-order valence-corrected chi connectivity index (χ3v) is 5.54. The molecule has 138 valence electrons. The summed E-state index contributed by atoms with van der Waals surface area (Å²) in [5.41, 5.74) is 1.07. The highest BCUT2D eigenvalue weighted by Crippen LogP contribution is 2.27. The normalized spacial score (nSPS) is 25.6. The van der Waals surface area contributed by atoms with Gasteiger partial charge in [-0.25, -0.2) is 0 Å². The molecule has 1 aliphatic carbocycles. The molecule has 2 unspecified atom stereocenters. The molecule has 2 aliphatic heterocycles. The van der Waals surface area contributed by atoms with Crippen LogP contribution in [0.1, 0.15) is 37.7 Å². The molecule has 6 heteroatoms. The fraction of sp³-hybridized carbons (Fsp3) is 0.550. The molecule has 3 aliphatic rings. The van der Waals surface area contributed by atoms with Gasteiger partial charge in [0, 0.05) is 32.1 Å². The predicted molar refractivity (Wildman–Crippen MR) is 95.9 cm³/mol. The summed E-state index contributed by atoms with van der Waals surface area (Å²) in [5.74, 6) is -0.378. The van der Waals surface area contributed by atoms with Crippen molar-refractivity contribution in [3.8, 4) is 0 Å². The Morgan fingerprint density at radius 2 is 1.88 bits per heavy atom. The number of hydrogen-bond acceptors (Lipinski definition) is 3. The smallest absolute Gasteiger partial charge is 0.243 e. The van der Waals surface area contributed by atoms with E-state index >= 15 is 0 Å². The monoisotopic (exact) mass is 355 g/mol. The number of nitrogens with zero attached hydrogens (tertiary/aromatic N) is 2. The van der Waals surface area contributed by atoms with Crippen LogP contribution in [0.15, 0.2) is 30.3 Å². The molecular formula is C20H25N3O3. The van der Waals surface area contributed by atoms with Gasteiger partial charge in [-0.05, 0) is 31.2 Å². The van der Waals surface area contributed by atoms with Crippen LogP contribution >= 0.6 is 0 Å². The lowest BCUT2D eigenvalue weighted by molar-refractivity contribution is -0.141. The van der Waals surface area contributed by atoms with Crippen LogP contribution in [-0.4, -0.2) is 52.7 Å². The van der Waals surface area contributed by atoms with Crippen LogP contribution in [0.4, 0.5) is 0 Å². The molecule has 0 aromatic heterocycles. The summed E-state index contributed by atoms with van der Waals surface area (Å²) in [6.45, 7) is 1.60. The first-order valence-electron chi connectivity index (χ1n) is 9.54. The Morgan fingerprint density at radius 3 is 2.62 bits per heavy atom. The van der Waals surface area contributed by atoms with Crippen molar-refractivity contribution in [2.75, 3.05) is 13.1 Å². The highest BCUT2D eigenvalue weighted by molar-refractivity contribution is 5.93. The van der Waals surface area contributed by atoms with Gasteiger partial charge >= 0.3 is 0 Å². The quantitative estimate of drug-likeness (QED) is 0.866. The Kier molecular flexibility index (Phi) is 4.66. The number of carbonyl (C=O) groups is 3. The minimum absolute atomic E-state index is 0.0189. The van der Waals surface area contributed by atoms with Gasteiger partial charge in [0.1, 0.15) is 6.04 Å². The molecular weight excluding hydrogens is 330 g/mol. The summed E-state index contributed by atoms with van der Waals surface area (Å²) in [6, 6.07) is 9.76. The van der Waals surface area contributed by atoms with Crippen LogP contribution in [0.2, 0.25) is 0 Å². The summed E-state index contributed by atoms with van der Waals surface area (Å²) < 4.78 is 0.